The third-order valence-corrected chi connectivity index (χ3v) is 9.42. The van der Waals surface area contributed by atoms with Gasteiger partial charge in [-0.05, 0) is 73.4 Å². The van der Waals surface area contributed by atoms with Gasteiger partial charge in [-0.15, -0.1) is 0 Å². The Bertz CT molecular complexity index is 2200. The summed E-state index contributed by atoms with van der Waals surface area (Å²) in [6.07, 6.45) is 2.14. The SMILES string of the molecule is Cc1ccc(S(=O)(=O)NC(Cc2c[nH]c3ccccc23)C(=O)Oc2cc(C)cc3oc(=O)c(Cc4ccccc4)c(C)c23)cc1. The van der Waals surface area contributed by atoms with Crippen molar-refractivity contribution in [3.05, 3.63) is 141 Å². The van der Waals surface area contributed by atoms with Crippen LogP contribution in [-0.4, -0.2) is 25.4 Å². The first kappa shape index (κ1) is 30.1. The number of carbonyl (C=O) groups is 1. The van der Waals surface area contributed by atoms with Gasteiger partial charge in [0.25, 0.3) is 0 Å². The molecule has 0 saturated carbocycles. The molecule has 0 saturated heterocycles. The van der Waals surface area contributed by atoms with Crippen LogP contribution >= 0.6 is 0 Å². The zero-order valence-corrected chi connectivity index (χ0v) is 25.9. The molecule has 0 spiro atoms. The number of ether oxygens (including phenoxy) is 1. The summed E-state index contributed by atoms with van der Waals surface area (Å²) in [6, 6.07) is 25.7. The number of esters is 1. The first-order chi connectivity index (χ1) is 21.6. The highest BCUT2D eigenvalue weighted by atomic mass is 32.2. The van der Waals surface area contributed by atoms with E-state index < -0.39 is 27.7 Å². The van der Waals surface area contributed by atoms with Crippen molar-refractivity contribution in [2.75, 3.05) is 0 Å². The van der Waals surface area contributed by atoms with E-state index in [2.05, 4.69) is 9.71 Å². The van der Waals surface area contributed by atoms with Gasteiger partial charge < -0.3 is 14.1 Å². The van der Waals surface area contributed by atoms with Gasteiger partial charge in [-0.2, -0.15) is 4.72 Å². The number of aromatic amines is 1. The van der Waals surface area contributed by atoms with Gasteiger partial charge in [0, 0.05) is 35.5 Å². The molecule has 228 valence electrons. The Balaban J connectivity index is 1.40. The van der Waals surface area contributed by atoms with Crippen molar-refractivity contribution in [2.45, 2.75) is 44.6 Å². The smallest absolute Gasteiger partial charge is 0.340 e. The third-order valence-electron chi connectivity index (χ3n) is 7.93. The summed E-state index contributed by atoms with van der Waals surface area (Å²) in [4.78, 5) is 30.3. The number of carbonyl (C=O) groups excluding carboxylic acids is 1. The quantitative estimate of drug-likeness (QED) is 0.112. The number of para-hydroxylation sites is 1. The van der Waals surface area contributed by atoms with Gasteiger partial charge in [0.2, 0.25) is 10.0 Å². The van der Waals surface area contributed by atoms with Crippen LogP contribution < -0.4 is 15.1 Å². The van der Waals surface area contributed by atoms with E-state index in [0.29, 0.717) is 28.5 Å². The highest BCUT2D eigenvalue weighted by Crippen LogP contribution is 2.32. The molecule has 2 aromatic heterocycles. The number of nitrogens with one attached hydrogen (secondary N) is 2. The standard InChI is InChI=1S/C36H32N2O6S/c1-22-13-15-27(16-14-22)45(41,42)38-31(20-26-21-37-30-12-8-7-11-28(26)30)36(40)44-33-18-23(2)17-32-34(33)24(3)29(35(39)43-32)19-25-9-5-4-6-10-25/h4-18,21,31,37-38H,19-20H2,1-3H3. The Morgan fingerprint density at radius 3 is 2.38 bits per heavy atom. The molecular formula is C36H32N2O6S. The minimum atomic E-state index is -4.10. The van der Waals surface area contributed by atoms with Gasteiger partial charge in [-0.1, -0.05) is 66.2 Å². The van der Waals surface area contributed by atoms with Gasteiger partial charge in [-0.25, -0.2) is 18.0 Å². The lowest BCUT2D eigenvalue weighted by atomic mass is 9.98. The maximum Gasteiger partial charge on any atom is 0.340 e. The van der Waals surface area contributed by atoms with Crippen LogP contribution in [0.4, 0.5) is 0 Å². The largest absolute Gasteiger partial charge is 0.425 e. The molecule has 0 bridgehead atoms. The summed E-state index contributed by atoms with van der Waals surface area (Å²) in [5.74, 6) is -0.609. The highest BCUT2D eigenvalue weighted by Gasteiger charge is 2.30. The van der Waals surface area contributed by atoms with Crippen LogP contribution in [0.5, 0.6) is 5.75 Å². The van der Waals surface area contributed by atoms with Crippen molar-refractivity contribution in [1.29, 1.82) is 0 Å². The molecule has 4 aromatic carbocycles. The predicted molar refractivity (Wildman–Crippen MR) is 174 cm³/mol. The van der Waals surface area contributed by atoms with Crippen molar-refractivity contribution >= 4 is 37.9 Å². The number of rotatable bonds is 9. The fraction of sp³-hybridized carbons (Fsp3) is 0.167. The summed E-state index contributed by atoms with van der Waals surface area (Å²) in [5.41, 5.74) is 5.05. The average molecular weight is 621 g/mol. The van der Waals surface area contributed by atoms with Crippen molar-refractivity contribution in [1.82, 2.24) is 9.71 Å². The zero-order valence-electron chi connectivity index (χ0n) is 25.1. The summed E-state index contributed by atoms with van der Waals surface area (Å²) >= 11 is 0. The minimum absolute atomic E-state index is 0.0327. The molecule has 6 rings (SSSR count). The molecular weight excluding hydrogens is 588 g/mol. The van der Waals surface area contributed by atoms with Crippen LogP contribution in [0.2, 0.25) is 0 Å². The number of hydrogen-bond acceptors (Lipinski definition) is 6. The van der Waals surface area contributed by atoms with Crippen molar-refractivity contribution in [3.63, 3.8) is 0 Å². The lowest BCUT2D eigenvalue weighted by Crippen LogP contribution is -2.44. The Kier molecular flexibility index (Phi) is 8.14. The number of fused-ring (bicyclic) bond motifs is 2. The molecule has 1 unspecified atom stereocenters. The molecule has 8 nitrogen and oxygen atoms in total. The van der Waals surface area contributed by atoms with Crippen LogP contribution in [0.3, 0.4) is 0 Å². The average Bonchev–Trinajstić information content (AvgIpc) is 3.42. The molecule has 2 heterocycles. The Morgan fingerprint density at radius 1 is 0.911 bits per heavy atom. The van der Waals surface area contributed by atoms with Crippen molar-refractivity contribution < 1.29 is 22.4 Å². The fourth-order valence-corrected chi connectivity index (χ4v) is 6.75. The Labute approximate surface area is 260 Å². The second-order valence-electron chi connectivity index (χ2n) is 11.3. The summed E-state index contributed by atoms with van der Waals surface area (Å²) in [7, 11) is -4.10. The number of hydrogen-bond donors (Lipinski definition) is 2. The normalized spacial score (nSPS) is 12.4. The molecule has 9 heteroatoms. The highest BCUT2D eigenvalue weighted by molar-refractivity contribution is 7.89. The van der Waals surface area contributed by atoms with Crippen molar-refractivity contribution in [3.8, 4) is 5.75 Å². The van der Waals surface area contributed by atoms with E-state index in [9.17, 15) is 18.0 Å². The van der Waals surface area contributed by atoms with Gasteiger partial charge in [0.05, 0.1) is 10.3 Å². The molecule has 0 aliphatic carbocycles. The molecule has 2 N–H and O–H groups in total. The van der Waals surface area contributed by atoms with E-state index in [0.717, 1.165) is 27.6 Å². The second kappa shape index (κ2) is 12.2. The molecule has 0 radical (unpaired) electrons. The maximum absolute atomic E-state index is 14.0. The van der Waals surface area contributed by atoms with E-state index in [4.69, 9.17) is 9.15 Å². The summed E-state index contributed by atoms with van der Waals surface area (Å²) in [6.45, 7) is 5.46. The number of H-pyrrole nitrogens is 1. The van der Waals surface area contributed by atoms with E-state index in [1.807, 2.05) is 61.5 Å². The third kappa shape index (κ3) is 6.31. The lowest BCUT2D eigenvalue weighted by molar-refractivity contribution is -0.136. The molecule has 0 aliphatic rings. The van der Waals surface area contributed by atoms with Gasteiger partial charge >= 0.3 is 11.6 Å². The summed E-state index contributed by atoms with van der Waals surface area (Å²) in [5, 5.41) is 1.35. The molecule has 1 atom stereocenters. The number of sulfonamides is 1. The number of aryl methyl sites for hydroxylation is 3. The van der Waals surface area contributed by atoms with Crippen LogP contribution in [0.25, 0.3) is 21.9 Å². The van der Waals surface area contributed by atoms with Crippen LogP contribution in [0.1, 0.15) is 33.4 Å². The number of benzene rings is 4. The maximum atomic E-state index is 14.0. The van der Waals surface area contributed by atoms with E-state index in [1.165, 1.54) is 12.1 Å². The lowest BCUT2D eigenvalue weighted by Gasteiger charge is -2.19. The fourth-order valence-electron chi connectivity index (χ4n) is 5.57. The molecule has 45 heavy (non-hydrogen) atoms. The first-order valence-corrected chi connectivity index (χ1v) is 16.0. The second-order valence-corrected chi connectivity index (χ2v) is 13.0. The Hall–Kier alpha value is -4.99. The van der Waals surface area contributed by atoms with E-state index in [1.54, 1.807) is 44.3 Å². The van der Waals surface area contributed by atoms with Crippen LogP contribution in [-0.2, 0) is 27.7 Å². The minimum Gasteiger partial charge on any atom is -0.425 e. The van der Waals surface area contributed by atoms with Crippen LogP contribution in [0, 0.1) is 20.8 Å². The van der Waals surface area contributed by atoms with Gasteiger partial charge in [0.1, 0.15) is 17.4 Å². The molecule has 0 aliphatic heterocycles. The predicted octanol–water partition coefficient (Wildman–Crippen LogP) is 6.29. The topological polar surface area (TPSA) is 118 Å². The van der Waals surface area contributed by atoms with Gasteiger partial charge in [0.15, 0.2) is 0 Å². The number of aromatic nitrogens is 1. The summed E-state index contributed by atoms with van der Waals surface area (Å²) < 4.78 is 41.3. The van der Waals surface area contributed by atoms with E-state index >= 15 is 0 Å². The van der Waals surface area contributed by atoms with E-state index in [-0.39, 0.29) is 22.6 Å². The Morgan fingerprint density at radius 2 is 1.62 bits per heavy atom. The molecule has 6 aromatic rings. The molecule has 0 fully saturated rings. The van der Waals surface area contributed by atoms with Crippen LogP contribution in [0.15, 0.2) is 111 Å². The first-order valence-electron chi connectivity index (χ1n) is 14.6. The molecule has 0 amide bonds. The monoisotopic (exact) mass is 620 g/mol. The van der Waals surface area contributed by atoms with Gasteiger partial charge in [-0.3, -0.25) is 0 Å². The van der Waals surface area contributed by atoms with Crippen molar-refractivity contribution in [2.24, 2.45) is 0 Å². The zero-order chi connectivity index (χ0) is 31.7.